The molecule has 88 valence electrons. The Balaban J connectivity index is 2.15. The Morgan fingerprint density at radius 3 is 2.83 bits per heavy atom. The van der Waals surface area contributed by atoms with E-state index in [-0.39, 0.29) is 0 Å². The van der Waals surface area contributed by atoms with Crippen LogP contribution in [0.15, 0.2) is 64.6 Å². The van der Waals surface area contributed by atoms with Gasteiger partial charge in [-0.3, -0.25) is 4.98 Å². The van der Waals surface area contributed by atoms with Gasteiger partial charge in [0.25, 0.3) is 0 Å². The number of rotatable bonds is 2. The predicted octanol–water partition coefficient (Wildman–Crippen LogP) is 1.89. The van der Waals surface area contributed by atoms with E-state index in [0.29, 0.717) is 11.4 Å². The van der Waals surface area contributed by atoms with Crippen molar-refractivity contribution in [3.8, 4) is 17.0 Å². The highest BCUT2D eigenvalue weighted by atomic mass is 16.4. The molecule has 0 N–H and O–H groups in total. The quantitative estimate of drug-likeness (QED) is 0.685. The van der Waals surface area contributed by atoms with Crippen LogP contribution in [0.4, 0.5) is 0 Å². The lowest BCUT2D eigenvalue weighted by molar-refractivity contribution is 0.524. The van der Waals surface area contributed by atoms with E-state index < -0.39 is 5.63 Å². The van der Waals surface area contributed by atoms with Gasteiger partial charge >= 0.3 is 5.63 Å². The van der Waals surface area contributed by atoms with Crippen molar-refractivity contribution in [2.75, 3.05) is 0 Å². The summed E-state index contributed by atoms with van der Waals surface area (Å²) in [5.74, 6) is 0.485. The van der Waals surface area contributed by atoms with E-state index in [4.69, 9.17) is 4.42 Å². The number of hydrogen-bond donors (Lipinski definition) is 0. The molecule has 0 aliphatic heterocycles. The summed E-state index contributed by atoms with van der Waals surface area (Å²) in [4.78, 5) is 19.5. The van der Waals surface area contributed by atoms with Gasteiger partial charge in [-0.05, 0) is 12.1 Å². The molecule has 0 spiro atoms. The number of pyridine rings is 1. The van der Waals surface area contributed by atoms with Gasteiger partial charge < -0.3 is 8.98 Å². The standard InChI is InChI=1S/C13H9N3O2/c17-13-7-11(16-5-4-15-9-16)6-12(18-13)10-2-1-3-14-8-10/h1-9H. The van der Waals surface area contributed by atoms with Crippen LogP contribution in [0.1, 0.15) is 0 Å². The van der Waals surface area contributed by atoms with Gasteiger partial charge in [0.15, 0.2) is 0 Å². The molecule has 0 bridgehead atoms. The molecule has 0 unspecified atom stereocenters. The molecule has 0 aliphatic carbocycles. The van der Waals surface area contributed by atoms with Crippen molar-refractivity contribution in [1.82, 2.24) is 14.5 Å². The maximum Gasteiger partial charge on any atom is 0.338 e. The molecule has 0 amide bonds. The molecule has 3 aromatic heterocycles. The van der Waals surface area contributed by atoms with Crippen molar-refractivity contribution in [3.63, 3.8) is 0 Å². The molecule has 0 aliphatic rings. The lowest BCUT2D eigenvalue weighted by atomic mass is 10.2. The lowest BCUT2D eigenvalue weighted by Crippen LogP contribution is -2.02. The third kappa shape index (κ3) is 1.93. The monoisotopic (exact) mass is 239 g/mol. The van der Waals surface area contributed by atoms with Crippen LogP contribution in [0.2, 0.25) is 0 Å². The molecule has 0 radical (unpaired) electrons. The Morgan fingerprint density at radius 1 is 1.17 bits per heavy atom. The van der Waals surface area contributed by atoms with Crippen molar-refractivity contribution >= 4 is 0 Å². The first kappa shape index (κ1) is 10.5. The second kappa shape index (κ2) is 4.29. The summed E-state index contributed by atoms with van der Waals surface area (Å²) >= 11 is 0. The summed E-state index contributed by atoms with van der Waals surface area (Å²) < 4.78 is 6.92. The lowest BCUT2D eigenvalue weighted by Gasteiger charge is -2.04. The maximum atomic E-state index is 11.6. The fourth-order valence-corrected chi connectivity index (χ4v) is 1.68. The van der Waals surface area contributed by atoms with Gasteiger partial charge in [-0.25, -0.2) is 9.78 Å². The molecule has 5 heteroatoms. The number of imidazole rings is 1. The summed E-state index contributed by atoms with van der Waals surface area (Å²) in [5, 5.41) is 0. The zero-order chi connectivity index (χ0) is 12.4. The van der Waals surface area contributed by atoms with Crippen LogP contribution in [0.3, 0.4) is 0 Å². The van der Waals surface area contributed by atoms with Crippen LogP contribution in [-0.2, 0) is 0 Å². The van der Waals surface area contributed by atoms with Gasteiger partial charge in [-0.15, -0.1) is 0 Å². The SMILES string of the molecule is O=c1cc(-n2ccnc2)cc(-c2cccnc2)o1. The fourth-order valence-electron chi connectivity index (χ4n) is 1.68. The average molecular weight is 239 g/mol. The Bertz CT molecular complexity index is 703. The first-order valence-electron chi connectivity index (χ1n) is 5.37. The van der Waals surface area contributed by atoms with E-state index in [0.717, 1.165) is 5.56 Å². The van der Waals surface area contributed by atoms with Crippen LogP contribution in [0.5, 0.6) is 0 Å². The van der Waals surface area contributed by atoms with Gasteiger partial charge in [0.05, 0.1) is 12.0 Å². The molecule has 0 saturated carbocycles. The van der Waals surface area contributed by atoms with E-state index in [1.165, 1.54) is 6.07 Å². The van der Waals surface area contributed by atoms with Gasteiger partial charge in [0, 0.05) is 42.5 Å². The largest absolute Gasteiger partial charge is 0.423 e. The Hall–Kier alpha value is -2.69. The van der Waals surface area contributed by atoms with Crippen LogP contribution in [-0.4, -0.2) is 14.5 Å². The Labute approximate surface area is 102 Å². The number of nitrogens with zero attached hydrogens (tertiary/aromatic N) is 3. The van der Waals surface area contributed by atoms with Crippen LogP contribution in [0, 0.1) is 0 Å². The maximum absolute atomic E-state index is 11.6. The van der Waals surface area contributed by atoms with Crippen LogP contribution >= 0.6 is 0 Å². The Morgan fingerprint density at radius 2 is 2.11 bits per heavy atom. The third-order valence-electron chi connectivity index (χ3n) is 2.50. The summed E-state index contributed by atoms with van der Waals surface area (Å²) in [6.07, 6.45) is 8.36. The summed E-state index contributed by atoms with van der Waals surface area (Å²) in [5.41, 5.74) is 1.07. The topological polar surface area (TPSA) is 60.9 Å². The third-order valence-corrected chi connectivity index (χ3v) is 2.50. The molecule has 3 aromatic rings. The number of aromatic nitrogens is 3. The van der Waals surface area contributed by atoms with Gasteiger partial charge in [-0.2, -0.15) is 0 Å². The first-order valence-corrected chi connectivity index (χ1v) is 5.37. The van der Waals surface area contributed by atoms with Crippen LogP contribution < -0.4 is 5.63 Å². The highest BCUT2D eigenvalue weighted by Crippen LogP contribution is 2.18. The predicted molar refractivity (Wildman–Crippen MR) is 65.3 cm³/mol. The normalized spacial score (nSPS) is 10.4. The van der Waals surface area contributed by atoms with E-state index in [1.807, 2.05) is 6.07 Å². The minimum absolute atomic E-state index is 0.403. The summed E-state index contributed by atoms with van der Waals surface area (Å²) in [7, 11) is 0. The van der Waals surface area contributed by atoms with E-state index in [2.05, 4.69) is 9.97 Å². The molecule has 0 atom stereocenters. The molecule has 3 rings (SSSR count). The zero-order valence-corrected chi connectivity index (χ0v) is 9.35. The molecule has 0 saturated heterocycles. The molecular formula is C13H9N3O2. The molecular weight excluding hydrogens is 230 g/mol. The Kier molecular flexibility index (Phi) is 2.49. The van der Waals surface area contributed by atoms with Gasteiger partial charge in [-0.1, -0.05) is 0 Å². The first-order chi connectivity index (χ1) is 8.83. The van der Waals surface area contributed by atoms with E-state index in [1.54, 1.807) is 47.8 Å². The van der Waals surface area contributed by atoms with Crippen molar-refractivity contribution in [1.29, 1.82) is 0 Å². The minimum Gasteiger partial charge on any atom is -0.423 e. The van der Waals surface area contributed by atoms with Crippen molar-refractivity contribution in [3.05, 3.63) is 65.8 Å². The number of hydrogen-bond acceptors (Lipinski definition) is 4. The average Bonchev–Trinajstić information content (AvgIpc) is 2.93. The second-order valence-corrected chi connectivity index (χ2v) is 3.71. The fraction of sp³-hybridized carbons (Fsp3) is 0. The smallest absolute Gasteiger partial charge is 0.338 e. The molecule has 0 aromatic carbocycles. The van der Waals surface area contributed by atoms with Gasteiger partial charge in [0.1, 0.15) is 5.76 Å². The van der Waals surface area contributed by atoms with Crippen LogP contribution in [0.25, 0.3) is 17.0 Å². The summed E-state index contributed by atoms with van der Waals surface area (Å²) in [6.45, 7) is 0. The van der Waals surface area contributed by atoms with E-state index >= 15 is 0 Å². The highest BCUT2D eigenvalue weighted by Gasteiger charge is 2.05. The van der Waals surface area contributed by atoms with E-state index in [9.17, 15) is 4.79 Å². The van der Waals surface area contributed by atoms with Crippen molar-refractivity contribution in [2.45, 2.75) is 0 Å². The minimum atomic E-state index is -0.403. The second-order valence-electron chi connectivity index (χ2n) is 3.71. The van der Waals surface area contributed by atoms with Crippen molar-refractivity contribution < 1.29 is 4.42 Å². The van der Waals surface area contributed by atoms with Crippen molar-refractivity contribution in [2.24, 2.45) is 0 Å². The molecule has 18 heavy (non-hydrogen) atoms. The zero-order valence-electron chi connectivity index (χ0n) is 9.35. The molecule has 5 nitrogen and oxygen atoms in total. The summed E-state index contributed by atoms with van der Waals surface area (Å²) in [6, 6.07) is 6.82. The van der Waals surface area contributed by atoms with Gasteiger partial charge in [0.2, 0.25) is 0 Å². The molecule has 3 heterocycles. The highest BCUT2D eigenvalue weighted by molar-refractivity contribution is 5.58. The molecule has 0 fully saturated rings.